The summed E-state index contributed by atoms with van der Waals surface area (Å²) >= 11 is 6.30. The Bertz CT molecular complexity index is 1010. The van der Waals surface area contributed by atoms with Crippen LogP contribution >= 0.6 is 11.6 Å². The Labute approximate surface area is 181 Å². The zero-order chi connectivity index (χ0) is 21.3. The highest BCUT2D eigenvalue weighted by molar-refractivity contribution is 6.32. The molecule has 0 radical (unpaired) electrons. The molecule has 0 saturated carbocycles. The number of ketones is 1. The van der Waals surface area contributed by atoms with E-state index >= 15 is 0 Å². The van der Waals surface area contributed by atoms with Crippen molar-refractivity contribution in [3.63, 3.8) is 0 Å². The molecule has 1 aliphatic heterocycles. The minimum absolute atomic E-state index is 0.0328. The van der Waals surface area contributed by atoms with Crippen LogP contribution in [0.15, 0.2) is 53.7 Å². The van der Waals surface area contributed by atoms with Crippen LogP contribution in [0.2, 0.25) is 5.02 Å². The number of ether oxygens (including phenoxy) is 2. The van der Waals surface area contributed by atoms with Gasteiger partial charge in [0.15, 0.2) is 5.78 Å². The first-order valence-corrected chi connectivity index (χ1v) is 10.5. The summed E-state index contributed by atoms with van der Waals surface area (Å²) < 4.78 is 10.7. The second-order valence-corrected chi connectivity index (χ2v) is 8.03. The molecule has 30 heavy (non-hydrogen) atoms. The van der Waals surface area contributed by atoms with Gasteiger partial charge in [0.25, 0.3) is 0 Å². The molecule has 0 bridgehead atoms. The standard InChI is InChI=1S/C24H24ClNO4/c1-3-30-17-7-4-14(5-8-17)16-11-20-24(21(27)12-16)18(13-23(28)26-20)15-6-9-22(29-2)19(25)10-15/h4-10,16,18H,3,11-13H2,1-2H3,(H,26,28). The molecule has 0 saturated heterocycles. The fraction of sp³-hybridized carbons (Fsp3) is 0.333. The van der Waals surface area contributed by atoms with Crippen molar-refractivity contribution in [2.45, 2.75) is 38.0 Å². The second kappa shape index (κ2) is 8.52. The highest BCUT2D eigenvalue weighted by Gasteiger charge is 2.38. The van der Waals surface area contributed by atoms with Crippen molar-refractivity contribution in [2.75, 3.05) is 13.7 Å². The van der Waals surface area contributed by atoms with E-state index in [0.717, 1.165) is 22.6 Å². The summed E-state index contributed by atoms with van der Waals surface area (Å²) in [5, 5.41) is 3.43. The molecule has 1 N–H and O–H groups in total. The molecule has 1 aliphatic carbocycles. The number of halogens is 1. The predicted molar refractivity (Wildman–Crippen MR) is 115 cm³/mol. The molecule has 2 aromatic rings. The fourth-order valence-corrected chi connectivity index (χ4v) is 4.65. The van der Waals surface area contributed by atoms with Gasteiger partial charge in [0, 0.05) is 30.0 Å². The Morgan fingerprint density at radius 1 is 1.03 bits per heavy atom. The van der Waals surface area contributed by atoms with E-state index in [2.05, 4.69) is 5.32 Å². The van der Waals surface area contributed by atoms with Crippen molar-refractivity contribution in [1.29, 1.82) is 0 Å². The zero-order valence-corrected chi connectivity index (χ0v) is 17.8. The maximum absolute atomic E-state index is 13.2. The molecule has 2 atom stereocenters. The molecule has 2 aromatic carbocycles. The lowest BCUT2D eigenvalue weighted by atomic mass is 9.73. The maximum Gasteiger partial charge on any atom is 0.225 e. The van der Waals surface area contributed by atoms with E-state index in [9.17, 15) is 9.59 Å². The third-order valence-corrected chi connectivity index (χ3v) is 6.07. The lowest BCUT2D eigenvalue weighted by molar-refractivity contribution is -0.122. The average molecular weight is 426 g/mol. The van der Waals surface area contributed by atoms with Crippen LogP contribution in [0.1, 0.15) is 49.1 Å². The van der Waals surface area contributed by atoms with E-state index < -0.39 is 0 Å². The van der Waals surface area contributed by atoms with Crippen LogP contribution in [0, 0.1) is 0 Å². The van der Waals surface area contributed by atoms with Crippen molar-refractivity contribution in [3.05, 3.63) is 69.9 Å². The average Bonchev–Trinajstić information content (AvgIpc) is 2.73. The van der Waals surface area contributed by atoms with Gasteiger partial charge >= 0.3 is 0 Å². The third kappa shape index (κ3) is 3.94. The van der Waals surface area contributed by atoms with E-state index in [1.165, 1.54) is 0 Å². The number of allylic oxidation sites excluding steroid dienone is 2. The van der Waals surface area contributed by atoms with Crippen LogP contribution < -0.4 is 14.8 Å². The predicted octanol–water partition coefficient (Wildman–Crippen LogP) is 4.75. The highest BCUT2D eigenvalue weighted by Crippen LogP contribution is 2.43. The molecule has 156 valence electrons. The molecule has 0 aromatic heterocycles. The van der Waals surface area contributed by atoms with Gasteiger partial charge in [0.2, 0.25) is 5.91 Å². The number of nitrogens with one attached hydrogen (secondary N) is 1. The SMILES string of the molecule is CCOc1ccc(C2CC(=O)C3=C(C2)NC(=O)CC3c2ccc(OC)c(Cl)c2)cc1. The monoisotopic (exact) mass is 425 g/mol. The number of rotatable bonds is 5. The van der Waals surface area contributed by atoms with Crippen LogP contribution in [0.25, 0.3) is 0 Å². The smallest absolute Gasteiger partial charge is 0.225 e. The van der Waals surface area contributed by atoms with Crippen molar-refractivity contribution in [1.82, 2.24) is 5.32 Å². The summed E-state index contributed by atoms with van der Waals surface area (Å²) in [4.78, 5) is 25.6. The summed E-state index contributed by atoms with van der Waals surface area (Å²) in [6.07, 6.45) is 1.28. The van der Waals surface area contributed by atoms with E-state index in [-0.39, 0.29) is 29.9 Å². The van der Waals surface area contributed by atoms with Gasteiger partial charge < -0.3 is 14.8 Å². The summed E-state index contributed by atoms with van der Waals surface area (Å²) in [7, 11) is 1.56. The number of methoxy groups -OCH3 is 1. The van der Waals surface area contributed by atoms with Crippen molar-refractivity contribution >= 4 is 23.3 Å². The molecule has 0 fully saturated rings. The molecule has 0 spiro atoms. The first-order chi connectivity index (χ1) is 14.5. The number of amides is 1. The Hall–Kier alpha value is -2.79. The second-order valence-electron chi connectivity index (χ2n) is 7.62. The van der Waals surface area contributed by atoms with Crippen molar-refractivity contribution in [3.8, 4) is 11.5 Å². The minimum Gasteiger partial charge on any atom is -0.495 e. The van der Waals surface area contributed by atoms with Crippen LogP contribution in [0.3, 0.4) is 0 Å². The van der Waals surface area contributed by atoms with Crippen LogP contribution in [0.4, 0.5) is 0 Å². The number of Topliss-reactive ketones (excluding diaryl/α,β-unsaturated/α-hetero) is 1. The van der Waals surface area contributed by atoms with E-state index in [1.54, 1.807) is 19.2 Å². The molecule has 5 nitrogen and oxygen atoms in total. The summed E-state index contributed by atoms with van der Waals surface area (Å²) in [5.41, 5.74) is 3.37. The number of carbonyl (C=O) groups excluding carboxylic acids is 2. The highest BCUT2D eigenvalue weighted by atomic mass is 35.5. The molecule has 1 heterocycles. The van der Waals surface area contributed by atoms with Gasteiger partial charge in [-0.25, -0.2) is 0 Å². The van der Waals surface area contributed by atoms with E-state index in [4.69, 9.17) is 21.1 Å². The van der Waals surface area contributed by atoms with Gasteiger partial charge in [-0.05, 0) is 54.7 Å². The number of benzene rings is 2. The first-order valence-electron chi connectivity index (χ1n) is 10.1. The van der Waals surface area contributed by atoms with Crippen LogP contribution in [-0.2, 0) is 9.59 Å². The molecule has 2 unspecified atom stereocenters. The summed E-state index contributed by atoms with van der Waals surface area (Å²) in [6, 6.07) is 13.3. The molecule has 1 amide bonds. The zero-order valence-electron chi connectivity index (χ0n) is 17.0. The first kappa shape index (κ1) is 20.5. The van der Waals surface area contributed by atoms with E-state index in [0.29, 0.717) is 35.8 Å². The van der Waals surface area contributed by atoms with Crippen LogP contribution in [-0.4, -0.2) is 25.4 Å². The van der Waals surface area contributed by atoms with Crippen LogP contribution in [0.5, 0.6) is 11.5 Å². The Morgan fingerprint density at radius 2 is 1.77 bits per heavy atom. The minimum atomic E-state index is -0.286. The molecule has 6 heteroatoms. The maximum atomic E-state index is 13.2. The number of hydrogen-bond acceptors (Lipinski definition) is 4. The topological polar surface area (TPSA) is 64.6 Å². The molecule has 4 rings (SSSR count). The Balaban J connectivity index is 1.64. The van der Waals surface area contributed by atoms with Crippen molar-refractivity contribution in [2.24, 2.45) is 0 Å². The fourth-order valence-electron chi connectivity index (χ4n) is 4.38. The Morgan fingerprint density at radius 3 is 2.43 bits per heavy atom. The van der Waals surface area contributed by atoms with Gasteiger partial charge in [-0.1, -0.05) is 29.8 Å². The molecular weight excluding hydrogens is 402 g/mol. The lowest BCUT2D eigenvalue weighted by Gasteiger charge is -2.34. The molecule has 2 aliphatic rings. The van der Waals surface area contributed by atoms with Gasteiger partial charge in [0.1, 0.15) is 11.5 Å². The lowest BCUT2D eigenvalue weighted by Crippen LogP contribution is -2.38. The summed E-state index contributed by atoms with van der Waals surface area (Å²) in [5.74, 6) is 1.13. The largest absolute Gasteiger partial charge is 0.495 e. The Kier molecular flexibility index (Phi) is 5.82. The van der Waals surface area contributed by atoms with Gasteiger partial charge in [-0.2, -0.15) is 0 Å². The molecular formula is C24H24ClNO4. The third-order valence-electron chi connectivity index (χ3n) is 5.78. The van der Waals surface area contributed by atoms with Gasteiger partial charge in [0.05, 0.1) is 18.7 Å². The van der Waals surface area contributed by atoms with Gasteiger partial charge in [-0.3, -0.25) is 9.59 Å². The summed E-state index contributed by atoms with van der Waals surface area (Å²) in [6.45, 7) is 2.56. The van der Waals surface area contributed by atoms with Crippen molar-refractivity contribution < 1.29 is 19.1 Å². The number of carbonyl (C=O) groups is 2. The van der Waals surface area contributed by atoms with Gasteiger partial charge in [-0.15, -0.1) is 0 Å². The number of hydrogen-bond donors (Lipinski definition) is 1. The normalized spacial score (nSPS) is 21.2. The van der Waals surface area contributed by atoms with E-state index in [1.807, 2.05) is 37.3 Å². The quantitative estimate of drug-likeness (QED) is 0.750.